The molecule has 1 unspecified atom stereocenters. The first kappa shape index (κ1) is 19.8. The molecule has 3 aromatic heterocycles. The number of likely N-dealkylation sites (N-methyl/N-ethyl adjacent to an activating group) is 1. The summed E-state index contributed by atoms with van der Waals surface area (Å²) in [5.41, 5.74) is 4.62. The first-order chi connectivity index (χ1) is 14.2. The summed E-state index contributed by atoms with van der Waals surface area (Å²) >= 11 is 2.22. The SMILES string of the molecule is CN1C=C(OPI)C(c2cccc(-c3cccc(-c4ccncc4O)n3)n2)=CC1. The molecule has 8 heteroatoms. The predicted octanol–water partition coefficient (Wildman–Crippen LogP) is 5.04. The van der Waals surface area contributed by atoms with Crippen molar-refractivity contribution in [2.45, 2.75) is 0 Å². The number of aromatic nitrogens is 3. The molecule has 1 atom stereocenters. The van der Waals surface area contributed by atoms with Gasteiger partial charge in [-0.25, -0.2) is 9.97 Å². The Hall–Kier alpha value is -2.51. The average molecular weight is 516 g/mol. The summed E-state index contributed by atoms with van der Waals surface area (Å²) in [6.45, 7) is 1.12. The minimum atomic E-state index is 0.0990. The number of rotatable bonds is 5. The second-order valence-corrected chi connectivity index (χ2v) is 8.12. The molecule has 6 nitrogen and oxygen atoms in total. The van der Waals surface area contributed by atoms with Crippen molar-refractivity contribution in [1.29, 1.82) is 0 Å². The molecule has 0 saturated carbocycles. The molecule has 0 radical (unpaired) electrons. The van der Waals surface area contributed by atoms with Gasteiger partial charge < -0.3 is 14.5 Å². The van der Waals surface area contributed by atoms with E-state index in [1.54, 1.807) is 12.3 Å². The van der Waals surface area contributed by atoms with Gasteiger partial charge in [-0.2, -0.15) is 0 Å². The Morgan fingerprint density at radius 3 is 2.45 bits per heavy atom. The van der Waals surface area contributed by atoms with E-state index < -0.39 is 0 Å². The summed E-state index contributed by atoms with van der Waals surface area (Å²) < 4.78 is 5.83. The highest BCUT2D eigenvalue weighted by Crippen LogP contribution is 2.35. The van der Waals surface area contributed by atoms with Crippen molar-refractivity contribution in [3.8, 4) is 28.4 Å². The molecule has 0 saturated heterocycles. The van der Waals surface area contributed by atoms with Gasteiger partial charge >= 0.3 is 0 Å². The summed E-state index contributed by atoms with van der Waals surface area (Å²) in [6.07, 6.45) is 7.17. The third-order valence-corrected chi connectivity index (χ3v) is 5.41. The van der Waals surface area contributed by atoms with Crippen LogP contribution >= 0.6 is 28.5 Å². The Morgan fingerprint density at radius 2 is 1.72 bits per heavy atom. The van der Waals surface area contributed by atoms with Crippen LogP contribution in [0.3, 0.4) is 0 Å². The molecule has 146 valence electrons. The average Bonchev–Trinajstić information content (AvgIpc) is 2.75. The minimum absolute atomic E-state index is 0.0990. The predicted molar refractivity (Wildman–Crippen MR) is 124 cm³/mol. The van der Waals surface area contributed by atoms with E-state index in [1.165, 1.54) is 6.20 Å². The second-order valence-electron chi connectivity index (χ2n) is 6.44. The first-order valence-corrected chi connectivity index (χ1v) is 12.9. The summed E-state index contributed by atoms with van der Waals surface area (Å²) in [5.74, 6) is 0.918. The van der Waals surface area contributed by atoms with Crippen LogP contribution in [0.4, 0.5) is 0 Å². The maximum atomic E-state index is 10.1. The molecule has 1 N–H and O–H groups in total. The summed E-state index contributed by atoms with van der Waals surface area (Å²) in [5, 5.41) is 10.1. The summed E-state index contributed by atoms with van der Waals surface area (Å²) in [4.78, 5) is 15.5. The lowest BCUT2D eigenvalue weighted by Gasteiger charge is -2.22. The van der Waals surface area contributed by atoms with Gasteiger partial charge in [0.15, 0.2) is 0 Å². The zero-order valence-electron chi connectivity index (χ0n) is 15.6. The van der Waals surface area contributed by atoms with Crippen molar-refractivity contribution in [2.24, 2.45) is 0 Å². The lowest BCUT2D eigenvalue weighted by Crippen LogP contribution is -2.17. The highest BCUT2D eigenvalue weighted by atomic mass is 127. The minimum Gasteiger partial charge on any atom is -0.506 e. The van der Waals surface area contributed by atoms with Gasteiger partial charge in [-0.05, 0) is 52.4 Å². The fourth-order valence-corrected chi connectivity index (χ4v) is 4.03. The topological polar surface area (TPSA) is 71.4 Å². The molecule has 29 heavy (non-hydrogen) atoms. The van der Waals surface area contributed by atoms with Crippen molar-refractivity contribution in [2.75, 3.05) is 13.6 Å². The number of halogens is 1. The molecule has 0 aromatic carbocycles. The van der Waals surface area contributed by atoms with Crippen molar-refractivity contribution in [3.05, 3.63) is 78.6 Å². The van der Waals surface area contributed by atoms with Gasteiger partial charge in [-0.15, -0.1) is 0 Å². The van der Waals surface area contributed by atoms with Crippen LogP contribution in [0.1, 0.15) is 5.69 Å². The third-order valence-electron chi connectivity index (χ3n) is 4.45. The molecule has 1 aliphatic rings. The van der Waals surface area contributed by atoms with E-state index in [1.807, 2.05) is 49.6 Å². The molecule has 0 amide bonds. The fraction of sp³-hybridized carbons (Fsp3) is 0.0952. The highest BCUT2D eigenvalue weighted by molar-refractivity contribution is 14.2. The Kier molecular flexibility index (Phi) is 6.06. The molecule has 0 bridgehead atoms. The Labute approximate surface area is 183 Å². The van der Waals surface area contributed by atoms with Crippen LogP contribution in [0.25, 0.3) is 28.2 Å². The van der Waals surface area contributed by atoms with Gasteiger partial charge in [-0.3, -0.25) is 4.98 Å². The van der Waals surface area contributed by atoms with Gasteiger partial charge in [0.2, 0.25) is 0 Å². The largest absolute Gasteiger partial charge is 0.506 e. The van der Waals surface area contributed by atoms with E-state index in [0.29, 0.717) is 17.7 Å². The molecule has 4 heterocycles. The summed E-state index contributed by atoms with van der Waals surface area (Å²) in [6, 6.07) is 13.3. The smallest absolute Gasteiger partial charge is 0.149 e. The van der Waals surface area contributed by atoms with Gasteiger partial charge in [0.25, 0.3) is 0 Å². The number of aromatic hydroxyl groups is 1. The van der Waals surface area contributed by atoms with E-state index in [9.17, 15) is 5.11 Å². The Morgan fingerprint density at radius 1 is 1.03 bits per heavy atom. The van der Waals surface area contributed by atoms with Crippen molar-refractivity contribution in [3.63, 3.8) is 0 Å². The highest BCUT2D eigenvalue weighted by Gasteiger charge is 2.17. The third kappa shape index (κ3) is 4.41. The molecular formula is C21H18IN4O2P. The molecular weight excluding hydrogens is 498 g/mol. The number of hydrogen-bond acceptors (Lipinski definition) is 6. The Bertz CT molecular complexity index is 1100. The normalized spacial score (nSPS) is 14.1. The lowest BCUT2D eigenvalue weighted by atomic mass is 10.1. The van der Waals surface area contributed by atoms with E-state index in [4.69, 9.17) is 14.5 Å². The molecule has 0 spiro atoms. The first-order valence-electron chi connectivity index (χ1n) is 8.89. The fourth-order valence-electron chi connectivity index (χ4n) is 3.07. The van der Waals surface area contributed by atoms with Crippen LogP contribution < -0.4 is 0 Å². The maximum absolute atomic E-state index is 10.1. The van der Waals surface area contributed by atoms with Crippen LogP contribution in [-0.2, 0) is 4.52 Å². The monoisotopic (exact) mass is 516 g/mol. The number of pyridine rings is 3. The van der Waals surface area contributed by atoms with E-state index in [2.05, 4.69) is 38.0 Å². The van der Waals surface area contributed by atoms with Gasteiger partial charge in [0.05, 0.1) is 29.0 Å². The van der Waals surface area contributed by atoms with Crippen LogP contribution in [0.2, 0.25) is 0 Å². The van der Waals surface area contributed by atoms with E-state index in [0.717, 1.165) is 35.0 Å². The molecule has 1 aliphatic heterocycles. The zero-order chi connectivity index (χ0) is 20.2. The molecule has 0 fully saturated rings. The maximum Gasteiger partial charge on any atom is 0.149 e. The quantitative estimate of drug-likeness (QED) is 0.379. The molecule has 4 rings (SSSR count). The van der Waals surface area contributed by atoms with Gasteiger partial charge in [0, 0.05) is 37.1 Å². The number of allylic oxidation sites excluding steroid dienone is 1. The lowest BCUT2D eigenvalue weighted by molar-refractivity contribution is 0.443. The van der Waals surface area contributed by atoms with Crippen LogP contribution in [-0.4, -0.2) is 38.6 Å². The summed E-state index contributed by atoms with van der Waals surface area (Å²) in [7, 11) is 2.01. The van der Waals surface area contributed by atoms with Crippen LogP contribution in [0.15, 0.2) is 72.9 Å². The number of nitrogens with zero attached hydrogens (tertiary/aromatic N) is 4. The second kappa shape index (κ2) is 8.88. The van der Waals surface area contributed by atoms with Gasteiger partial charge in [-0.1, -0.05) is 18.2 Å². The van der Waals surface area contributed by atoms with Crippen LogP contribution in [0.5, 0.6) is 5.75 Å². The van der Waals surface area contributed by atoms with Crippen molar-refractivity contribution >= 4 is 34.1 Å². The standard InChI is InChI=1S/C21H18IN4O2P/c1-26-11-9-15(21(13-26)28-29-22)17-5-3-7-19(25-17)18-6-2-4-16(24-18)14-8-10-23-12-20(14)27/h2-10,12-13,27,29H,11H2,1H3. The van der Waals surface area contributed by atoms with E-state index >= 15 is 0 Å². The van der Waals surface area contributed by atoms with Crippen molar-refractivity contribution in [1.82, 2.24) is 19.9 Å². The number of hydrogen-bond donors (Lipinski definition) is 1. The Balaban J connectivity index is 1.71. The molecule has 3 aromatic rings. The zero-order valence-corrected chi connectivity index (χ0v) is 18.7. The molecule has 0 aliphatic carbocycles. The van der Waals surface area contributed by atoms with Crippen molar-refractivity contribution < 1.29 is 9.63 Å². The van der Waals surface area contributed by atoms with E-state index in [-0.39, 0.29) is 5.75 Å². The van der Waals surface area contributed by atoms with Crippen LogP contribution in [0, 0.1) is 0 Å². The van der Waals surface area contributed by atoms with Gasteiger partial charge in [0.1, 0.15) is 18.0 Å².